The Morgan fingerprint density at radius 2 is 2.06 bits per heavy atom. The van der Waals surface area contributed by atoms with Gasteiger partial charge >= 0.3 is 0 Å². The molecule has 0 atom stereocenters. The highest BCUT2D eigenvalue weighted by Gasteiger charge is 2.36. The molecule has 2 rings (SSSR count). The van der Waals surface area contributed by atoms with Crippen molar-refractivity contribution in [3.63, 3.8) is 0 Å². The number of anilines is 1. The van der Waals surface area contributed by atoms with Crippen molar-refractivity contribution in [1.29, 1.82) is 0 Å². The molecule has 0 aromatic heterocycles. The fourth-order valence-electron chi connectivity index (χ4n) is 1.92. The lowest BCUT2D eigenvalue weighted by Crippen LogP contribution is -2.30. The largest absolute Gasteiger partial charge is 0.300 e. The number of hydrogen-bond acceptors (Lipinski definition) is 2. The SMILES string of the molecule is CC#CCN1C(=O)C(=O)c2cc(Br)cc(C)c21. The molecule has 0 N–H and O–H groups in total. The minimum absolute atomic E-state index is 0.260. The van der Waals surface area contributed by atoms with Crippen molar-refractivity contribution in [2.45, 2.75) is 13.8 Å². The summed E-state index contributed by atoms with van der Waals surface area (Å²) >= 11 is 3.33. The zero-order valence-corrected chi connectivity index (χ0v) is 11.1. The predicted molar refractivity (Wildman–Crippen MR) is 69.0 cm³/mol. The maximum absolute atomic E-state index is 11.8. The normalized spacial score (nSPS) is 13.5. The molecule has 1 aliphatic heterocycles. The van der Waals surface area contributed by atoms with Crippen LogP contribution in [0.1, 0.15) is 22.8 Å². The number of aryl methyl sites for hydroxylation is 1. The molecule has 0 aliphatic carbocycles. The molecule has 0 saturated carbocycles. The first-order valence-electron chi connectivity index (χ1n) is 5.12. The van der Waals surface area contributed by atoms with Crippen molar-refractivity contribution in [1.82, 2.24) is 0 Å². The molecule has 86 valence electrons. The van der Waals surface area contributed by atoms with Crippen LogP contribution < -0.4 is 4.90 Å². The van der Waals surface area contributed by atoms with E-state index >= 15 is 0 Å². The Balaban J connectivity index is 2.58. The van der Waals surface area contributed by atoms with Gasteiger partial charge in [0.15, 0.2) is 0 Å². The van der Waals surface area contributed by atoms with Crippen LogP contribution in [0.2, 0.25) is 0 Å². The number of ketones is 1. The molecule has 0 spiro atoms. The third kappa shape index (κ3) is 1.87. The number of nitrogens with zero attached hydrogens (tertiary/aromatic N) is 1. The van der Waals surface area contributed by atoms with E-state index in [1.54, 1.807) is 13.0 Å². The maximum Gasteiger partial charge on any atom is 0.300 e. The summed E-state index contributed by atoms with van der Waals surface area (Å²) in [5, 5.41) is 0. The lowest BCUT2D eigenvalue weighted by molar-refractivity contribution is -0.114. The quantitative estimate of drug-likeness (QED) is 0.588. The number of rotatable bonds is 1. The highest BCUT2D eigenvalue weighted by Crippen LogP contribution is 2.34. The van der Waals surface area contributed by atoms with Gasteiger partial charge < -0.3 is 0 Å². The predicted octanol–water partition coefficient (Wildman–Crippen LogP) is 2.31. The number of fused-ring (bicyclic) bond motifs is 1. The van der Waals surface area contributed by atoms with Crippen molar-refractivity contribution in [3.8, 4) is 11.8 Å². The van der Waals surface area contributed by atoms with Crippen molar-refractivity contribution in [2.75, 3.05) is 11.4 Å². The molecular formula is C13H10BrNO2. The van der Waals surface area contributed by atoms with Gasteiger partial charge in [-0.2, -0.15) is 0 Å². The Morgan fingerprint density at radius 3 is 2.71 bits per heavy atom. The van der Waals surface area contributed by atoms with Gasteiger partial charge in [-0.15, -0.1) is 5.92 Å². The number of hydrogen-bond donors (Lipinski definition) is 0. The van der Waals surface area contributed by atoms with Crippen LogP contribution in [0, 0.1) is 18.8 Å². The summed E-state index contributed by atoms with van der Waals surface area (Å²) in [6, 6.07) is 3.57. The Morgan fingerprint density at radius 1 is 1.35 bits per heavy atom. The Hall–Kier alpha value is -1.60. The van der Waals surface area contributed by atoms with Crippen LogP contribution in [0.15, 0.2) is 16.6 Å². The Labute approximate surface area is 108 Å². The number of amides is 1. The van der Waals surface area contributed by atoms with E-state index in [0.717, 1.165) is 10.0 Å². The fourth-order valence-corrected chi connectivity index (χ4v) is 2.49. The van der Waals surface area contributed by atoms with Gasteiger partial charge in [0.25, 0.3) is 11.7 Å². The number of carbonyl (C=O) groups excluding carboxylic acids is 2. The van der Waals surface area contributed by atoms with E-state index in [2.05, 4.69) is 27.8 Å². The number of carbonyl (C=O) groups is 2. The smallest absolute Gasteiger partial charge is 0.293 e. The summed E-state index contributed by atoms with van der Waals surface area (Å²) < 4.78 is 0.804. The first kappa shape index (κ1) is 11.9. The van der Waals surface area contributed by atoms with Gasteiger partial charge in [0, 0.05) is 4.47 Å². The summed E-state index contributed by atoms with van der Waals surface area (Å²) in [5.74, 6) is 4.59. The van der Waals surface area contributed by atoms with Gasteiger partial charge in [-0.25, -0.2) is 0 Å². The van der Waals surface area contributed by atoms with Crippen molar-refractivity contribution >= 4 is 33.3 Å². The van der Waals surface area contributed by atoms with Gasteiger partial charge in [0.1, 0.15) is 0 Å². The molecule has 4 heteroatoms. The summed E-state index contributed by atoms with van der Waals surface area (Å²) in [4.78, 5) is 25.1. The molecule has 0 bridgehead atoms. The van der Waals surface area contributed by atoms with Crippen LogP contribution in [0.5, 0.6) is 0 Å². The highest BCUT2D eigenvalue weighted by atomic mass is 79.9. The third-order valence-electron chi connectivity index (χ3n) is 2.63. The highest BCUT2D eigenvalue weighted by molar-refractivity contribution is 9.10. The Bertz CT molecular complexity index is 581. The molecule has 1 amide bonds. The molecule has 0 saturated heterocycles. The van der Waals surface area contributed by atoms with E-state index < -0.39 is 11.7 Å². The van der Waals surface area contributed by atoms with E-state index in [0.29, 0.717) is 11.3 Å². The van der Waals surface area contributed by atoms with Crippen LogP contribution in [-0.4, -0.2) is 18.2 Å². The molecule has 1 aromatic rings. The van der Waals surface area contributed by atoms with Crippen LogP contribution in [0.3, 0.4) is 0 Å². The summed E-state index contributed by atoms with van der Waals surface area (Å²) in [7, 11) is 0. The standard InChI is InChI=1S/C13H10BrNO2/c1-3-4-5-15-11-8(2)6-9(14)7-10(11)12(16)13(15)17/h6-7H,5H2,1-2H3. The summed E-state index contributed by atoms with van der Waals surface area (Å²) in [6.07, 6.45) is 0. The van der Waals surface area contributed by atoms with Gasteiger partial charge in [0.2, 0.25) is 0 Å². The molecule has 0 unspecified atom stereocenters. The maximum atomic E-state index is 11.8. The van der Waals surface area contributed by atoms with Gasteiger partial charge in [-0.3, -0.25) is 14.5 Å². The van der Waals surface area contributed by atoms with Crippen LogP contribution in [0.25, 0.3) is 0 Å². The van der Waals surface area contributed by atoms with E-state index in [4.69, 9.17) is 0 Å². The van der Waals surface area contributed by atoms with E-state index in [1.807, 2.05) is 13.0 Å². The first-order chi connectivity index (χ1) is 8.06. The van der Waals surface area contributed by atoms with Crippen LogP contribution >= 0.6 is 15.9 Å². The average Bonchev–Trinajstić information content (AvgIpc) is 2.51. The zero-order chi connectivity index (χ0) is 12.6. The molecular weight excluding hydrogens is 282 g/mol. The van der Waals surface area contributed by atoms with Crippen molar-refractivity contribution in [2.24, 2.45) is 0 Å². The molecule has 0 radical (unpaired) electrons. The van der Waals surface area contributed by atoms with Crippen molar-refractivity contribution in [3.05, 3.63) is 27.7 Å². The number of benzene rings is 1. The Kier molecular flexibility index (Phi) is 3.03. The second-order valence-corrected chi connectivity index (χ2v) is 4.68. The lowest BCUT2D eigenvalue weighted by Gasteiger charge is -2.15. The number of halogens is 1. The zero-order valence-electron chi connectivity index (χ0n) is 9.50. The minimum Gasteiger partial charge on any atom is -0.293 e. The topological polar surface area (TPSA) is 37.4 Å². The molecule has 1 aromatic carbocycles. The van der Waals surface area contributed by atoms with Crippen molar-refractivity contribution < 1.29 is 9.59 Å². The van der Waals surface area contributed by atoms with E-state index in [-0.39, 0.29) is 6.54 Å². The minimum atomic E-state index is -0.496. The molecule has 17 heavy (non-hydrogen) atoms. The average molecular weight is 292 g/mol. The summed E-state index contributed by atoms with van der Waals surface area (Å²) in [5.41, 5.74) is 2.04. The van der Waals surface area contributed by atoms with E-state index in [1.165, 1.54) is 4.90 Å². The van der Waals surface area contributed by atoms with Gasteiger partial charge in [-0.05, 0) is 31.5 Å². The van der Waals surface area contributed by atoms with E-state index in [9.17, 15) is 9.59 Å². The van der Waals surface area contributed by atoms with Crippen LogP contribution in [-0.2, 0) is 4.79 Å². The second kappa shape index (κ2) is 4.34. The second-order valence-electron chi connectivity index (χ2n) is 3.77. The number of Topliss-reactive ketones (excluding diaryl/α,β-unsaturated/α-hetero) is 1. The van der Waals surface area contributed by atoms with Crippen LogP contribution in [0.4, 0.5) is 5.69 Å². The fraction of sp³-hybridized carbons (Fsp3) is 0.231. The summed E-state index contributed by atoms with van der Waals surface area (Å²) in [6.45, 7) is 3.84. The van der Waals surface area contributed by atoms with Gasteiger partial charge in [0.05, 0.1) is 17.8 Å². The monoisotopic (exact) mass is 291 g/mol. The van der Waals surface area contributed by atoms with Gasteiger partial charge in [-0.1, -0.05) is 21.9 Å². The lowest BCUT2D eigenvalue weighted by atomic mass is 10.1. The molecule has 1 aliphatic rings. The molecule has 3 nitrogen and oxygen atoms in total. The molecule has 1 heterocycles. The molecule has 0 fully saturated rings. The first-order valence-corrected chi connectivity index (χ1v) is 5.91. The third-order valence-corrected chi connectivity index (χ3v) is 3.09.